The quantitative estimate of drug-likeness (QED) is 0.698. The summed E-state index contributed by atoms with van der Waals surface area (Å²) < 4.78 is 23.3. The van der Waals surface area contributed by atoms with Crippen molar-refractivity contribution in [2.75, 3.05) is 12.8 Å². The molecule has 3 aromatic rings. The van der Waals surface area contributed by atoms with E-state index >= 15 is 0 Å². The molecule has 2 aromatic heterocycles. The predicted octanol–water partition coefficient (Wildman–Crippen LogP) is 1.28. The third-order valence-electron chi connectivity index (χ3n) is 4.53. The zero-order valence-electron chi connectivity index (χ0n) is 14.3. The van der Waals surface area contributed by atoms with Crippen molar-refractivity contribution in [2.24, 2.45) is 0 Å². The van der Waals surface area contributed by atoms with Crippen LogP contribution in [0.3, 0.4) is 0 Å². The van der Waals surface area contributed by atoms with Crippen LogP contribution in [0.1, 0.15) is 16.8 Å². The van der Waals surface area contributed by atoms with Gasteiger partial charge in [0.05, 0.1) is 16.8 Å². The summed E-state index contributed by atoms with van der Waals surface area (Å²) in [5, 5.41) is 0.827. The highest BCUT2D eigenvalue weighted by molar-refractivity contribution is 7.90. The van der Waals surface area contributed by atoms with E-state index in [-0.39, 0.29) is 10.7 Å². The van der Waals surface area contributed by atoms with Crippen molar-refractivity contribution in [3.8, 4) is 0 Å². The summed E-state index contributed by atoms with van der Waals surface area (Å²) in [6, 6.07) is 10.0. The van der Waals surface area contributed by atoms with Gasteiger partial charge in [0.25, 0.3) is 5.56 Å². The molecule has 0 saturated carbocycles. The number of benzene rings is 1. The largest absolute Gasteiger partial charge is 0.297 e. The van der Waals surface area contributed by atoms with Crippen molar-refractivity contribution >= 4 is 20.7 Å². The Hall–Kier alpha value is -2.58. The number of para-hydroxylation sites is 1. The normalized spacial score (nSPS) is 15.1. The molecule has 1 aliphatic rings. The zero-order valence-corrected chi connectivity index (χ0v) is 15.1. The fourth-order valence-corrected chi connectivity index (χ4v) is 3.78. The number of rotatable bonds is 3. The van der Waals surface area contributed by atoms with E-state index in [2.05, 4.69) is 25.9 Å². The lowest BCUT2D eigenvalue weighted by Crippen LogP contribution is -2.36. The summed E-state index contributed by atoms with van der Waals surface area (Å²) in [6.45, 7) is 1.82. The Bertz CT molecular complexity index is 1150. The number of hydrogen-bond donors (Lipinski definition) is 1. The first-order valence-corrected chi connectivity index (χ1v) is 10.2. The highest BCUT2D eigenvalue weighted by Gasteiger charge is 2.23. The van der Waals surface area contributed by atoms with E-state index in [4.69, 9.17) is 0 Å². The lowest BCUT2D eigenvalue weighted by Gasteiger charge is -2.27. The average molecular weight is 370 g/mol. The van der Waals surface area contributed by atoms with Crippen LogP contribution < -0.4 is 5.56 Å². The van der Waals surface area contributed by atoms with Gasteiger partial charge >= 0.3 is 0 Å². The minimum Gasteiger partial charge on any atom is -0.297 e. The number of H-pyrrole nitrogens is 1. The Kier molecular flexibility index (Phi) is 4.08. The molecular formula is C18H18N4O3S. The van der Waals surface area contributed by atoms with E-state index in [0.717, 1.165) is 22.7 Å². The molecule has 3 heterocycles. The fraction of sp³-hybridized carbons (Fsp3) is 0.278. The molecule has 0 amide bonds. The van der Waals surface area contributed by atoms with Crippen molar-refractivity contribution in [1.29, 1.82) is 0 Å². The smallest absolute Gasteiger partial charge is 0.256 e. The lowest BCUT2D eigenvalue weighted by atomic mass is 10.1. The van der Waals surface area contributed by atoms with Crippen LogP contribution in [0, 0.1) is 0 Å². The topological polar surface area (TPSA) is 96.0 Å². The minimum absolute atomic E-state index is 0.256. The van der Waals surface area contributed by atoms with Gasteiger partial charge in [-0.1, -0.05) is 18.2 Å². The van der Waals surface area contributed by atoms with Crippen LogP contribution in [-0.2, 0) is 29.3 Å². The van der Waals surface area contributed by atoms with Gasteiger partial charge in [-0.2, -0.15) is 0 Å². The maximum Gasteiger partial charge on any atom is 0.256 e. The van der Waals surface area contributed by atoms with Gasteiger partial charge in [-0.05, 0) is 17.7 Å². The van der Waals surface area contributed by atoms with Gasteiger partial charge in [0.15, 0.2) is 0 Å². The van der Waals surface area contributed by atoms with Crippen molar-refractivity contribution < 1.29 is 8.42 Å². The molecule has 0 bridgehead atoms. The van der Waals surface area contributed by atoms with Crippen LogP contribution in [0.4, 0.5) is 0 Å². The maximum absolute atomic E-state index is 12.3. The highest BCUT2D eigenvalue weighted by atomic mass is 32.2. The third kappa shape index (κ3) is 3.25. The summed E-state index contributed by atoms with van der Waals surface area (Å²) in [5.74, 6) is 0. The van der Waals surface area contributed by atoms with Gasteiger partial charge in [0, 0.05) is 43.9 Å². The molecule has 0 fully saturated rings. The molecule has 4 rings (SSSR count). The molecule has 0 saturated heterocycles. The van der Waals surface area contributed by atoms with Crippen molar-refractivity contribution in [2.45, 2.75) is 24.7 Å². The van der Waals surface area contributed by atoms with Gasteiger partial charge in [0.2, 0.25) is 15.0 Å². The summed E-state index contributed by atoms with van der Waals surface area (Å²) >= 11 is 0. The standard InChI is InChI=1S/C18H18N4O3S/c1-26(24,25)18-20-16-6-7-22(11-14(16)17(23)21-18)10-12-8-13-4-2-3-5-15(13)19-9-12/h2-5,8-9H,6-7,10-11H2,1H3,(H,20,21,23). The number of fused-ring (bicyclic) bond motifs is 2. The third-order valence-corrected chi connectivity index (χ3v) is 5.43. The van der Waals surface area contributed by atoms with Crippen LogP contribution in [0.25, 0.3) is 10.9 Å². The zero-order chi connectivity index (χ0) is 18.3. The van der Waals surface area contributed by atoms with Crippen LogP contribution in [0.15, 0.2) is 46.5 Å². The van der Waals surface area contributed by atoms with Crippen LogP contribution >= 0.6 is 0 Å². The number of pyridine rings is 1. The molecule has 26 heavy (non-hydrogen) atoms. The van der Waals surface area contributed by atoms with Gasteiger partial charge in [0.1, 0.15) is 0 Å². The fourth-order valence-electron chi connectivity index (χ4n) is 3.23. The Labute approximate surface area is 150 Å². The van der Waals surface area contributed by atoms with Gasteiger partial charge in [-0.15, -0.1) is 0 Å². The lowest BCUT2D eigenvalue weighted by molar-refractivity contribution is 0.240. The Balaban J connectivity index is 1.59. The Morgan fingerprint density at radius 2 is 2.08 bits per heavy atom. The second-order valence-corrected chi connectivity index (χ2v) is 8.50. The maximum atomic E-state index is 12.3. The molecule has 1 aliphatic heterocycles. The number of nitrogens with zero attached hydrogens (tertiary/aromatic N) is 3. The average Bonchev–Trinajstić information content (AvgIpc) is 2.61. The summed E-state index contributed by atoms with van der Waals surface area (Å²) in [6.07, 6.45) is 3.44. The van der Waals surface area contributed by atoms with Gasteiger partial charge in [-0.3, -0.25) is 19.7 Å². The molecule has 7 nitrogen and oxygen atoms in total. The summed E-state index contributed by atoms with van der Waals surface area (Å²) in [7, 11) is -3.53. The van der Waals surface area contributed by atoms with Crippen LogP contribution in [0.5, 0.6) is 0 Å². The minimum atomic E-state index is -3.53. The highest BCUT2D eigenvalue weighted by Crippen LogP contribution is 2.19. The molecule has 0 radical (unpaired) electrons. The molecule has 0 spiro atoms. The first-order valence-electron chi connectivity index (χ1n) is 8.28. The van der Waals surface area contributed by atoms with Gasteiger partial charge < -0.3 is 0 Å². The molecule has 134 valence electrons. The second kappa shape index (κ2) is 6.30. The predicted molar refractivity (Wildman–Crippen MR) is 97.5 cm³/mol. The number of nitrogens with one attached hydrogen (secondary N) is 1. The molecule has 8 heteroatoms. The number of aromatic nitrogens is 3. The van der Waals surface area contributed by atoms with E-state index in [9.17, 15) is 13.2 Å². The SMILES string of the molecule is CS(=O)(=O)c1nc2c(c(=O)[nH]1)CN(Cc1cnc3ccccc3c1)CC2. The molecule has 0 atom stereocenters. The number of aromatic amines is 1. The molecule has 1 N–H and O–H groups in total. The molecule has 1 aromatic carbocycles. The van der Waals surface area contributed by atoms with Crippen LogP contribution in [0.2, 0.25) is 0 Å². The van der Waals surface area contributed by atoms with E-state index in [1.54, 1.807) is 0 Å². The van der Waals surface area contributed by atoms with E-state index in [1.165, 1.54) is 0 Å². The second-order valence-electron chi connectivity index (χ2n) is 6.57. The number of sulfone groups is 1. The molecule has 0 aliphatic carbocycles. The van der Waals surface area contributed by atoms with Crippen LogP contribution in [-0.4, -0.2) is 41.1 Å². The number of hydrogen-bond acceptors (Lipinski definition) is 6. The molecular weight excluding hydrogens is 352 g/mol. The monoisotopic (exact) mass is 370 g/mol. The summed E-state index contributed by atoms with van der Waals surface area (Å²) in [4.78, 5) is 25.5. The first kappa shape index (κ1) is 16.9. The van der Waals surface area contributed by atoms with Gasteiger partial charge in [-0.25, -0.2) is 13.4 Å². The Morgan fingerprint density at radius 3 is 2.88 bits per heavy atom. The molecule has 0 unspecified atom stereocenters. The van der Waals surface area contributed by atoms with Crippen molar-refractivity contribution in [1.82, 2.24) is 19.9 Å². The Morgan fingerprint density at radius 1 is 1.27 bits per heavy atom. The first-order chi connectivity index (χ1) is 12.4. The van der Waals surface area contributed by atoms with Crippen molar-refractivity contribution in [3.63, 3.8) is 0 Å². The van der Waals surface area contributed by atoms with E-state index in [0.29, 0.717) is 37.3 Å². The van der Waals surface area contributed by atoms with E-state index < -0.39 is 9.84 Å². The van der Waals surface area contributed by atoms with Crippen molar-refractivity contribution in [3.05, 3.63) is 63.7 Å². The van der Waals surface area contributed by atoms with E-state index in [1.807, 2.05) is 30.5 Å². The summed E-state index contributed by atoms with van der Waals surface area (Å²) in [5.41, 5.74) is 2.76.